The zero-order valence-corrected chi connectivity index (χ0v) is 22.0. The second kappa shape index (κ2) is 19.1. The van der Waals surface area contributed by atoms with Gasteiger partial charge in [0.1, 0.15) is 11.5 Å². The minimum Gasteiger partial charge on any atom is -0.493 e. The van der Waals surface area contributed by atoms with Crippen LogP contribution in [0, 0.1) is 5.92 Å². The maximum absolute atomic E-state index is 6.28. The standard InChI is InChI=1S/C30H53NO2/c1-3-5-7-9-11-16-22-32-29-21-20-28(26-31-25-27-18-14-13-15-19-27)30(24-29)33-23-17-12-10-8-6-4-2/h20-21,24,27,31H,3-19,22-23,25-26H2,1-2H3. The van der Waals surface area contributed by atoms with E-state index in [1.165, 1.54) is 102 Å². The number of benzene rings is 1. The van der Waals surface area contributed by atoms with Gasteiger partial charge in [-0.1, -0.05) is 103 Å². The molecular formula is C30H53NO2. The van der Waals surface area contributed by atoms with Gasteiger partial charge < -0.3 is 14.8 Å². The third-order valence-corrected chi connectivity index (χ3v) is 7.03. The maximum Gasteiger partial charge on any atom is 0.127 e. The first-order chi connectivity index (χ1) is 16.3. The molecular weight excluding hydrogens is 406 g/mol. The number of hydrogen-bond donors (Lipinski definition) is 1. The van der Waals surface area contributed by atoms with Gasteiger partial charge in [0.05, 0.1) is 13.2 Å². The van der Waals surface area contributed by atoms with Gasteiger partial charge in [-0.3, -0.25) is 0 Å². The number of rotatable bonds is 20. The van der Waals surface area contributed by atoms with Gasteiger partial charge in [0.15, 0.2) is 0 Å². The maximum atomic E-state index is 6.28. The van der Waals surface area contributed by atoms with E-state index < -0.39 is 0 Å². The van der Waals surface area contributed by atoms with Crippen LogP contribution in [-0.4, -0.2) is 19.8 Å². The van der Waals surface area contributed by atoms with Gasteiger partial charge in [-0.05, 0) is 44.2 Å². The lowest BCUT2D eigenvalue weighted by atomic mass is 9.89. The summed E-state index contributed by atoms with van der Waals surface area (Å²) >= 11 is 0. The van der Waals surface area contributed by atoms with Crippen molar-refractivity contribution in [3.05, 3.63) is 23.8 Å². The summed E-state index contributed by atoms with van der Waals surface area (Å²) in [6.45, 7) is 8.18. The lowest BCUT2D eigenvalue weighted by molar-refractivity contribution is 0.286. The monoisotopic (exact) mass is 459 g/mol. The number of nitrogens with one attached hydrogen (secondary N) is 1. The minimum atomic E-state index is 0.808. The molecule has 33 heavy (non-hydrogen) atoms. The van der Waals surface area contributed by atoms with E-state index in [0.29, 0.717) is 0 Å². The fourth-order valence-corrected chi connectivity index (χ4v) is 4.84. The summed E-state index contributed by atoms with van der Waals surface area (Å²) in [6.07, 6.45) is 22.5. The summed E-state index contributed by atoms with van der Waals surface area (Å²) in [4.78, 5) is 0. The Hall–Kier alpha value is -1.22. The van der Waals surface area contributed by atoms with Gasteiger partial charge in [0, 0.05) is 18.2 Å². The molecule has 1 aliphatic carbocycles. The van der Waals surface area contributed by atoms with E-state index in [1.54, 1.807) is 0 Å². The highest BCUT2D eigenvalue weighted by Crippen LogP contribution is 2.27. The molecule has 1 aromatic carbocycles. The van der Waals surface area contributed by atoms with Crippen LogP contribution < -0.4 is 14.8 Å². The van der Waals surface area contributed by atoms with Gasteiger partial charge in [0.25, 0.3) is 0 Å². The molecule has 1 aliphatic rings. The van der Waals surface area contributed by atoms with Crippen LogP contribution in [0.4, 0.5) is 0 Å². The molecule has 190 valence electrons. The molecule has 1 aromatic rings. The molecule has 3 nitrogen and oxygen atoms in total. The van der Waals surface area contributed by atoms with E-state index in [4.69, 9.17) is 9.47 Å². The molecule has 0 amide bonds. The summed E-state index contributed by atoms with van der Waals surface area (Å²) in [5, 5.41) is 3.71. The average Bonchev–Trinajstić information content (AvgIpc) is 2.84. The lowest BCUT2D eigenvalue weighted by Crippen LogP contribution is -2.24. The number of ether oxygens (including phenoxy) is 2. The van der Waals surface area contributed by atoms with Crippen molar-refractivity contribution < 1.29 is 9.47 Å². The van der Waals surface area contributed by atoms with E-state index in [1.807, 2.05) is 0 Å². The normalized spacial score (nSPS) is 14.5. The Balaban J connectivity index is 1.78. The zero-order chi connectivity index (χ0) is 23.4. The molecule has 0 atom stereocenters. The van der Waals surface area contributed by atoms with E-state index >= 15 is 0 Å². The fourth-order valence-electron chi connectivity index (χ4n) is 4.84. The topological polar surface area (TPSA) is 30.5 Å². The van der Waals surface area contributed by atoms with Crippen molar-refractivity contribution in [3.8, 4) is 11.5 Å². The molecule has 0 aliphatic heterocycles. The molecule has 0 radical (unpaired) electrons. The van der Waals surface area contributed by atoms with E-state index in [9.17, 15) is 0 Å². The molecule has 0 spiro atoms. The minimum absolute atomic E-state index is 0.808. The van der Waals surface area contributed by atoms with Crippen molar-refractivity contribution in [2.45, 2.75) is 130 Å². The first kappa shape index (κ1) is 28.0. The third-order valence-electron chi connectivity index (χ3n) is 7.03. The second-order valence-electron chi connectivity index (χ2n) is 10.1. The van der Waals surface area contributed by atoms with Crippen molar-refractivity contribution >= 4 is 0 Å². The molecule has 1 saturated carbocycles. The molecule has 0 saturated heterocycles. The number of hydrogen-bond acceptors (Lipinski definition) is 3. The predicted octanol–water partition coefficient (Wildman–Crippen LogP) is 8.84. The van der Waals surface area contributed by atoms with Crippen LogP contribution >= 0.6 is 0 Å². The van der Waals surface area contributed by atoms with Crippen LogP contribution in [0.3, 0.4) is 0 Å². The molecule has 2 rings (SSSR count). The van der Waals surface area contributed by atoms with E-state index in [-0.39, 0.29) is 0 Å². The van der Waals surface area contributed by atoms with Crippen LogP contribution in [0.2, 0.25) is 0 Å². The van der Waals surface area contributed by atoms with E-state index in [0.717, 1.165) is 56.6 Å². The largest absolute Gasteiger partial charge is 0.493 e. The first-order valence-electron chi connectivity index (χ1n) is 14.4. The van der Waals surface area contributed by atoms with E-state index in [2.05, 4.69) is 37.4 Å². The van der Waals surface area contributed by atoms with Gasteiger partial charge in [-0.15, -0.1) is 0 Å². The van der Waals surface area contributed by atoms with Gasteiger partial charge in [-0.2, -0.15) is 0 Å². The summed E-state index contributed by atoms with van der Waals surface area (Å²) in [6, 6.07) is 6.47. The highest BCUT2D eigenvalue weighted by atomic mass is 16.5. The van der Waals surface area contributed by atoms with Crippen LogP contribution in [-0.2, 0) is 6.54 Å². The Morgan fingerprint density at radius 3 is 2.00 bits per heavy atom. The first-order valence-corrected chi connectivity index (χ1v) is 14.4. The van der Waals surface area contributed by atoms with Crippen molar-refractivity contribution in [3.63, 3.8) is 0 Å². The quantitative estimate of drug-likeness (QED) is 0.198. The Morgan fingerprint density at radius 1 is 0.727 bits per heavy atom. The lowest BCUT2D eigenvalue weighted by Gasteiger charge is -2.22. The van der Waals surface area contributed by atoms with Crippen molar-refractivity contribution in [2.24, 2.45) is 5.92 Å². The SMILES string of the molecule is CCCCCCCCOc1ccc(CNCC2CCCCC2)c(OCCCCCCCC)c1. The van der Waals surface area contributed by atoms with Gasteiger partial charge in [-0.25, -0.2) is 0 Å². The highest BCUT2D eigenvalue weighted by Gasteiger charge is 2.13. The van der Waals surface area contributed by atoms with Gasteiger partial charge in [0.2, 0.25) is 0 Å². The van der Waals surface area contributed by atoms with Crippen LogP contribution in [0.25, 0.3) is 0 Å². The fraction of sp³-hybridized carbons (Fsp3) is 0.800. The van der Waals surface area contributed by atoms with Crippen LogP contribution in [0.5, 0.6) is 11.5 Å². The van der Waals surface area contributed by atoms with Crippen molar-refractivity contribution in [1.82, 2.24) is 5.32 Å². The molecule has 0 heterocycles. The molecule has 0 unspecified atom stereocenters. The Morgan fingerprint density at radius 2 is 1.33 bits per heavy atom. The third kappa shape index (κ3) is 13.3. The van der Waals surface area contributed by atoms with Crippen molar-refractivity contribution in [2.75, 3.05) is 19.8 Å². The summed E-state index contributed by atoms with van der Waals surface area (Å²) in [5.74, 6) is 2.82. The summed E-state index contributed by atoms with van der Waals surface area (Å²) < 4.78 is 12.4. The molecule has 1 N–H and O–H groups in total. The van der Waals surface area contributed by atoms with Crippen LogP contribution in [0.15, 0.2) is 18.2 Å². The Bertz CT molecular complexity index is 583. The molecule has 3 heteroatoms. The number of unbranched alkanes of at least 4 members (excludes halogenated alkanes) is 10. The Labute approximate surface area is 205 Å². The van der Waals surface area contributed by atoms with Crippen molar-refractivity contribution in [1.29, 1.82) is 0 Å². The zero-order valence-electron chi connectivity index (χ0n) is 22.0. The average molecular weight is 460 g/mol. The molecule has 0 aromatic heterocycles. The van der Waals surface area contributed by atoms with Crippen LogP contribution in [0.1, 0.15) is 129 Å². The summed E-state index contributed by atoms with van der Waals surface area (Å²) in [5.41, 5.74) is 1.27. The molecule has 0 bridgehead atoms. The second-order valence-corrected chi connectivity index (χ2v) is 10.1. The summed E-state index contributed by atoms with van der Waals surface area (Å²) in [7, 11) is 0. The predicted molar refractivity (Wildman–Crippen MR) is 142 cm³/mol. The van der Waals surface area contributed by atoms with Gasteiger partial charge >= 0.3 is 0 Å². The Kier molecular flexibility index (Phi) is 16.2. The smallest absolute Gasteiger partial charge is 0.127 e. The highest BCUT2D eigenvalue weighted by molar-refractivity contribution is 5.40. The molecule has 1 fully saturated rings.